The molecule has 1 aromatic heterocycles. The predicted octanol–water partition coefficient (Wildman–Crippen LogP) is 4.83. The molecule has 6 heteroatoms. The molecule has 0 fully saturated rings. The molecule has 0 spiro atoms. The Hall–Kier alpha value is -2.54. The third kappa shape index (κ3) is 2.43. The molecule has 0 aliphatic rings. The fourth-order valence-corrected chi connectivity index (χ4v) is 2.17. The van der Waals surface area contributed by atoms with E-state index in [4.69, 9.17) is 17.1 Å². The monoisotopic (exact) mass is 283 g/mol. The summed E-state index contributed by atoms with van der Waals surface area (Å²) in [5.74, 6) is 0. The molecule has 0 saturated carbocycles. The van der Waals surface area contributed by atoms with Crippen LogP contribution in [0.4, 0.5) is 5.69 Å². The Kier molecular flexibility index (Phi) is 3.90. The summed E-state index contributed by atoms with van der Waals surface area (Å²) in [4.78, 5) is 7.08. The zero-order valence-electron chi connectivity index (χ0n) is 10.9. The maximum atomic E-state index is 9.35. The highest BCUT2D eigenvalue weighted by atomic mass is 35.5. The van der Waals surface area contributed by atoms with Crippen LogP contribution in [0.5, 0.6) is 0 Å². The highest BCUT2D eigenvalue weighted by Crippen LogP contribution is 2.37. The summed E-state index contributed by atoms with van der Waals surface area (Å²) in [5, 5.41) is 13.6. The maximum absolute atomic E-state index is 9.35. The minimum absolute atomic E-state index is 0.372. The van der Waals surface area contributed by atoms with Crippen LogP contribution in [0.2, 0.25) is 5.02 Å². The van der Waals surface area contributed by atoms with Crippen molar-refractivity contribution in [1.29, 1.82) is 5.26 Å². The van der Waals surface area contributed by atoms with Gasteiger partial charge in [-0.1, -0.05) is 28.8 Å². The molecule has 1 aromatic carbocycles. The number of hydrogen-bond acceptors (Lipinski definition) is 3. The molecule has 20 heavy (non-hydrogen) atoms. The molecule has 5 nitrogen and oxygen atoms in total. The molecule has 0 saturated heterocycles. The molecule has 0 bridgehead atoms. The molecule has 0 atom stereocenters. The first kappa shape index (κ1) is 13.9. The van der Waals surface area contributed by atoms with Gasteiger partial charge in [0.1, 0.15) is 6.07 Å². The number of benzene rings is 1. The summed E-state index contributed by atoms with van der Waals surface area (Å²) in [6, 6.07) is 9.15. The Bertz CT molecular complexity index is 753. The first-order valence-electron chi connectivity index (χ1n) is 5.80. The van der Waals surface area contributed by atoms with Gasteiger partial charge in [0.15, 0.2) is 0 Å². The molecule has 2 aromatic rings. The largest absolute Gasteiger partial charge is 0.257 e. The van der Waals surface area contributed by atoms with E-state index < -0.39 is 0 Å². The van der Waals surface area contributed by atoms with E-state index >= 15 is 0 Å². The Morgan fingerprint density at radius 2 is 1.90 bits per heavy atom. The Labute approximate surface area is 121 Å². The van der Waals surface area contributed by atoms with Gasteiger partial charge in [0.05, 0.1) is 16.9 Å². The number of rotatable bonds is 2. The molecule has 98 valence electrons. The third-order valence-electron chi connectivity index (χ3n) is 2.92. The molecular weight excluding hydrogens is 274 g/mol. The van der Waals surface area contributed by atoms with Gasteiger partial charge in [0.25, 0.3) is 0 Å². The van der Waals surface area contributed by atoms with Crippen LogP contribution in [-0.4, -0.2) is 4.98 Å². The zero-order chi connectivity index (χ0) is 14.7. The van der Waals surface area contributed by atoms with E-state index in [-0.39, 0.29) is 0 Å². The van der Waals surface area contributed by atoms with Crippen LogP contribution in [0.25, 0.3) is 21.6 Å². The van der Waals surface area contributed by atoms with Gasteiger partial charge < -0.3 is 0 Å². The SMILES string of the molecule is Cc1nc(C)c(N=[N+]=[N-])c(-c2ccc(Cl)cc2)c1C#N. The smallest absolute Gasteiger partial charge is 0.102 e. The molecule has 0 amide bonds. The summed E-state index contributed by atoms with van der Waals surface area (Å²) >= 11 is 5.88. The number of nitriles is 1. The van der Waals surface area contributed by atoms with E-state index in [2.05, 4.69) is 21.1 Å². The quantitative estimate of drug-likeness (QED) is 0.449. The number of azide groups is 1. The molecule has 0 unspecified atom stereocenters. The van der Waals surface area contributed by atoms with Crippen LogP contribution in [-0.2, 0) is 0 Å². The maximum Gasteiger partial charge on any atom is 0.102 e. The first-order chi connectivity index (χ1) is 9.58. The van der Waals surface area contributed by atoms with Crippen molar-refractivity contribution in [3.05, 3.63) is 56.7 Å². The van der Waals surface area contributed by atoms with Gasteiger partial charge in [-0.15, -0.1) is 0 Å². The topological polar surface area (TPSA) is 85.4 Å². The molecule has 0 N–H and O–H groups in total. The minimum Gasteiger partial charge on any atom is -0.257 e. The molecular formula is C14H10ClN5. The van der Waals surface area contributed by atoms with Crippen molar-refractivity contribution in [2.24, 2.45) is 5.11 Å². The van der Waals surface area contributed by atoms with Gasteiger partial charge in [0, 0.05) is 21.2 Å². The van der Waals surface area contributed by atoms with Gasteiger partial charge >= 0.3 is 0 Å². The average Bonchev–Trinajstić information content (AvgIpc) is 2.42. The lowest BCUT2D eigenvalue weighted by Gasteiger charge is -2.12. The van der Waals surface area contributed by atoms with Gasteiger partial charge in [-0.2, -0.15) is 5.26 Å². The standard InChI is InChI=1S/C14H10ClN5/c1-8-12(7-16)13(10-3-5-11(15)6-4-10)14(19-20-17)9(2)18-8/h3-6H,1-2H3. The van der Waals surface area contributed by atoms with Crippen LogP contribution in [0.3, 0.4) is 0 Å². The second-order valence-electron chi connectivity index (χ2n) is 4.19. The van der Waals surface area contributed by atoms with Crippen LogP contribution >= 0.6 is 11.6 Å². The van der Waals surface area contributed by atoms with Crippen LogP contribution in [0, 0.1) is 25.2 Å². The number of aromatic nitrogens is 1. The van der Waals surface area contributed by atoms with Gasteiger partial charge in [-0.3, -0.25) is 4.98 Å². The van der Waals surface area contributed by atoms with Crippen molar-refractivity contribution in [3.63, 3.8) is 0 Å². The minimum atomic E-state index is 0.372. The van der Waals surface area contributed by atoms with E-state index in [1.54, 1.807) is 38.1 Å². The Morgan fingerprint density at radius 1 is 1.25 bits per heavy atom. The number of hydrogen-bond donors (Lipinski definition) is 0. The second-order valence-corrected chi connectivity index (χ2v) is 4.63. The summed E-state index contributed by atoms with van der Waals surface area (Å²) in [5.41, 5.74) is 12.0. The molecule has 1 heterocycles. The lowest BCUT2D eigenvalue weighted by molar-refractivity contribution is 1.10. The summed E-state index contributed by atoms with van der Waals surface area (Å²) < 4.78 is 0. The van der Waals surface area contributed by atoms with Crippen LogP contribution in [0.1, 0.15) is 17.0 Å². The lowest BCUT2D eigenvalue weighted by Crippen LogP contribution is -1.96. The van der Waals surface area contributed by atoms with Gasteiger partial charge in [0.2, 0.25) is 0 Å². The van der Waals surface area contributed by atoms with Crippen molar-refractivity contribution in [1.82, 2.24) is 4.98 Å². The first-order valence-corrected chi connectivity index (χ1v) is 6.18. The molecule has 2 rings (SSSR count). The predicted molar refractivity (Wildman–Crippen MR) is 77.7 cm³/mol. The number of pyridine rings is 1. The van der Waals surface area contributed by atoms with E-state index in [1.165, 1.54) is 0 Å². The fourth-order valence-electron chi connectivity index (χ4n) is 2.04. The third-order valence-corrected chi connectivity index (χ3v) is 3.17. The lowest BCUT2D eigenvalue weighted by atomic mass is 9.97. The van der Waals surface area contributed by atoms with Crippen molar-refractivity contribution in [2.45, 2.75) is 13.8 Å². The average molecular weight is 284 g/mol. The fraction of sp³-hybridized carbons (Fsp3) is 0.143. The van der Waals surface area contributed by atoms with E-state index in [9.17, 15) is 5.26 Å². The highest BCUT2D eigenvalue weighted by Gasteiger charge is 2.16. The second kappa shape index (κ2) is 5.62. The molecule has 0 aliphatic carbocycles. The van der Waals surface area contributed by atoms with E-state index in [0.29, 0.717) is 33.2 Å². The Morgan fingerprint density at radius 3 is 2.45 bits per heavy atom. The van der Waals surface area contributed by atoms with Crippen LogP contribution in [0.15, 0.2) is 29.4 Å². The van der Waals surface area contributed by atoms with Crippen molar-refractivity contribution >= 4 is 17.3 Å². The van der Waals surface area contributed by atoms with Gasteiger partial charge in [-0.05, 0) is 37.1 Å². The van der Waals surface area contributed by atoms with Crippen molar-refractivity contribution in [2.75, 3.05) is 0 Å². The Balaban J connectivity index is 2.87. The number of nitrogens with zero attached hydrogens (tertiary/aromatic N) is 5. The zero-order valence-corrected chi connectivity index (χ0v) is 11.7. The number of aryl methyl sites for hydroxylation is 2. The number of halogens is 1. The van der Waals surface area contributed by atoms with Crippen molar-refractivity contribution in [3.8, 4) is 17.2 Å². The molecule has 0 radical (unpaired) electrons. The summed E-state index contributed by atoms with van der Waals surface area (Å²) in [7, 11) is 0. The molecule has 0 aliphatic heterocycles. The van der Waals surface area contributed by atoms with Crippen molar-refractivity contribution < 1.29 is 0 Å². The normalized spacial score (nSPS) is 9.70. The van der Waals surface area contributed by atoms with E-state index in [0.717, 1.165) is 5.56 Å². The van der Waals surface area contributed by atoms with Gasteiger partial charge in [-0.25, -0.2) is 0 Å². The van der Waals surface area contributed by atoms with E-state index in [1.807, 2.05) is 0 Å². The van der Waals surface area contributed by atoms with Crippen LogP contribution < -0.4 is 0 Å². The summed E-state index contributed by atoms with van der Waals surface area (Å²) in [6.45, 7) is 3.50. The summed E-state index contributed by atoms with van der Waals surface area (Å²) in [6.07, 6.45) is 0. The highest BCUT2D eigenvalue weighted by molar-refractivity contribution is 6.30.